The first-order chi connectivity index (χ1) is 8.63. The Balaban J connectivity index is 1.96. The number of halogens is 1. The lowest BCUT2D eigenvalue weighted by atomic mass is 10.3. The van der Waals surface area contributed by atoms with Gasteiger partial charge in [0, 0.05) is 21.3 Å². The first-order valence-corrected chi connectivity index (χ1v) is 6.49. The molecule has 0 saturated heterocycles. The third-order valence-corrected chi connectivity index (χ3v) is 2.98. The molecule has 2 rings (SSSR count). The maximum atomic E-state index is 5.81. The molecule has 0 atom stereocenters. The fourth-order valence-electron chi connectivity index (χ4n) is 1.37. The largest absolute Gasteiger partial charge is 0.332 e. The van der Waals surface area contributed by atoms with Gasteiger partial charge in [0.25, 0.3) is 0 Å². The minimum atomic E-state index is 0.532. The molecule has 0 aromatic heterocycles. The number of thiol groups is 1. The molecule has 2 aromatic rings. The molecule has 0 bridgehead atoms. The van der Waals surface area contributed by atoms with Crippen molar-refractivity contribution in [1.82, 2.24) is 0 Å². The molecule has 0 aliphatic carbocycles. The predicted octanol–water partition coefficient (Wildman–Crippen LogP) is 4.44. The predicted molar refractivity (Wildman–Crippen MR) is 85.0 cm³/mol. The normalized spacial score (nSPS) is 9.89. The molecule has 0 aliphatic heterocycles. The van der Waals surface area contributed by atoms with Crippen LogP contribution >= 0.6 is 36.4 Å². The van der Waals surface area contributed by atoms with Gasteiger partial charge in [-0.25, -0.2) is 0 Å². The number of rotatable bonds is 2. The molecule has 0 heterocycles. The van der Waals surface area contributed by atoms with Gasteiger partial charge in [-0.3, -0.25) is 0 Å². The van der Waals surface area contributed by atoms with Crippen LogP contribution in [0.1, 0.15) is 0 Å². The van der Waals surface area contributed by atoms with Crippen molar-refractivity contribution in [3.05, 3.63) is 53.6 Å². The lowest BCUT2D eigenvalue weighted by Gasteiger charge is -2.10. The van der Waals surface area contributed by atoms with Gasteiger partial charge in [-0.05, 0) is 60.7 Å². The Morgan fingerprint density at radius 1 is 0.889 bits per heavy atom. The van der Waals surface area contributed by atoms with E-state index < -0.39 is 0 Å². The van der Waals surface area contributed by atoms with Crippen molar-refractivity contribution < 1.29 is 0 Å². The summed E-state index contributed by atoms with van der Waals surface area (Å²) >= 11 is 15.2. The maximum absolute atomic E-state index is 5.81. The fraction of sp³-hybridized carbons (Fsp3) is 0. The molecule has 5 heteroatoms. The van der Waals surface area contributed by atoms with Gasteiger partial charge < -0.3 is 10.6 Å². The van der Waals surface area contributed by atoms with E-state index in [1.807, 2.05) is 48.5 Å². The highest BCUT2D eigenvalue weighted by atomic mass is 35.5. The molecule has 0 radical (unpaired) electrons. The van der Waals surface area contributed by atoms with E-state index in [1.54, 1.807) is 0 Å². The Hall–Kier alpha value is -1.23. The molecular formula is C13H11ClN2S2. The Morgan fingerprint density at radius 2 is 1.33 bits per heavy atom. The van der Waals surface area contributed by atoms with Gasteiger partial charge in [-0.1, -0.05) is 11.6 Å². The van der Waals surface area contributed by atoms with Crippen LogP contribution in [0.2, 0.25) is 5.02 Å². The summed E-state index contributed by atoms with van der Waals surface area (Å²) in [5.41, 5.74) is 1.81. The van der Waals surface area contributed by atoms with Crippen molar-refractivity contribution in [2.45, 2.75) is 4.90 Å². The molecular weight excluding hydrogens is 284 g/mol. The highest BCUT2D eigenvalue weighted by Crippen LogP contribution is 2.15. The van der Waals surface area contributed by atoms with Crippen molar-refractivity contribution in [3.8, 4) is 0 Å². The van der Waals surface area contributed by atoms with Gasteiger partial charge >= 0.3 is 0 Å². The average Bonchev–Trinajstić information content (AvgIpc) is 2.35. The zero-order chi connectivity index (χ0) is 13.0. The van der Waals surface area contributed by atoms with E-state index in [1.165, 1.54) is 0 Å². The topological polar surface area (TPSA) is 24.1 Å². The second-order valence-electron chi connectivity index (χ2n) is 3.63. The van der Waals surface area contributed by atoms with Crippen molar-refractivity contribution in [3.63, 3.8) is 0 Å². The summed E-state index contributed by atoms with van der Waals surface area (Å²) in [5, 5.41) is 7.39. The third-order valence-electron chi connectivity index (χ3n) is 2.23. The van der Waals surface area contributed by atoms with E-state index >= 15 is 0 Å². The van der Waals surface area contributed by atoms with Crippen molar-refractivity contribution in [1.29, 1.82) is 0 Å². The third kappa shape index (κ3) is 3.91. The summed E-state index contributed by atoms with van der Waals surface area (Å²) in [6, 6.07) is 15.0. The highest BCUT2D eigenvalue weighted by molar-refractivity contribution is 7.80. The van der Waals surface area contributed by atoms with E-state index in [0.717, 1.165) is 16.3 Å². The molecule has 0 spiro atoms. The van der Waals surface area contributed by atoms with Crippen LogP contribution in [-0.4, -0.2) is 5.11 Å². The fourth-order valence-corrected chi connectivity index (χ4v) is 1.88. The van der Waals surface area contributed by atoms with Crippen molar-refractivity contribution in [2.75, 3.05) is 10.6 Å². The molecule has 92 valence electrons. The van der Waals surface area contributed by atoms with E-state index in [-0.39, 0.29) is 0 Å². The minimum absolute atomic E-state index is 0.532. The molecule has 0 aliphatic rings. The monoisotopic (exact) mass is 294 g/mol. The van der Waals surface area contributed by atoms with Crippen molar-refractivity contribution >= 4 is 52.9 Å². The second-order valence-corrected chi connectivity index (χ2v) is 4.99. The Morgan fingerprint density at radius 3 is 1.83 bits per heavy atom. The molecule has 2 nitrogen and oxygen atoms in total. The smallest absolute Gasteiger partial charge is 0.175 e. The molecule has 0 fully saturated rings. The van der Waals surface area contributed by atoms with E-state index in [9.17, 15) is 0 Å². The molecule has 0 amide bonds. The first-order valence-electron chi connectivity index (χ1n) is 5.26. The molecule has 0 saturated carbocycles. The van der Waals surface area contributed by atoms with Crippen LogP contribution in [0.25, 0.3) is 0 Å². The van der Waals surface area contributed by atoms with Gasteiger partial charge in [0.2, 0.25) is 0 Å². The first kappa shape index (κ1) is 13.2. The Labute approximate surface area is 122 Å². The van der Waals surface area contributed by atoms with Gasteiger partial charge in [0.1, 0.15) is 0 Å². The van der Waals surface area contributed by atoms with Crippen LogP contribution < -0.4 is 10.6 Å². The molecule has 2 aromatic carbocycles. The highest BCUT2D eigenvalue weighted by Gasteiger charge is 1.98. The Bertz CT molecular complexity index is 488. The summed E-state index contributed by atoms with van der Waals surface area (Å²) in [6.45, 7) is 0. The molecule has 2 N–H and O–H groups in total. The number of benzene rings is 2. The van der Waals surface area contributed by atoms with E-state index in [4.69, 9.17) is 23.8 Å². The average molecular weight is 295 g/mol. The zero-order valence-corrected chi connectivity index (χ0v) is 11.8. The number of nitrogens with one attached hydrogen (secondary N) is 2. The molecule has 18 heavy (non-hydrogen) atoms. The van der Waals surface area contributed by atoms with Gasteiger partial charge in [-0.15, -0.1) is 12.6 Å². The maximum Gasteiger partial charge on any atom is 0.175 e. The summed E-state index contributed by atoms with van der Waals surface area (Å²) in [6.07, 6.45) is 0. The van der Waals surface area contributed by atoms with Gasteiger partial charge in [0.05, 0.1) is 0 Å². The van der Waals surface area contributed by atoms with E-state index in [2.05, 4.69) is 23.3 Å². The minimum Gasteiger partial charge on any atom is -0.332 e. The van der Waals surface area contributed by atoms with Gasteiger partial charge in [-0.2, -0.15) is 0 Å². The zero-order valence-electron chi connectivity index (χ0n) is 9.35. The van der Waals surface area contributed by atoms with Gasteiger partial charge in [0.15, 0.2) is 5.11 Å². The van der Waals surface area contributed by atoms with Crippen LogP contribution in [0.4, 0.5) is 11.4 Å². The number of thiocarbonyl (C=S) groups is 1. The lowest BCUT2D eigenvalue weighted by Crippen LogP contribution is -2.18. The van der Waals surface area contributed by atoms with Crippen LogP contribution in [0, 0.1) is 0 Å². The van der Waals surface area contributed by atoms with Crippen LogP contribution in [0.15, 0.2) is 53.4 Å². The quantitative estimate of drug-likeness (QED) is 0.564. The van der Waals surface area contributed by atoms with Crippen LogP contribution in [-0.2, 0) is 0 Å². The standard InChI is InChI=1S/C13H11ClN2S2/c14-9-1-3-10(4-2-9)15-13(18)16-11-5-7-12(17)8-6-11/h1-8,17H,(H2,15,16,18). The van der Waals surface area contributed by atoms with E-state index in [0.29, 0.717) is 10.1 Å². The molecule has 0 unspecified atom stereocenters. The number of anilines is 2. The number of hydrogen-bond acceptors (Lipinski definition) is 2. The number of hydrogen-bond donors (Lipinski definition) is 3. The second kappa shape index (κ2) is 6.09. The summed E-state index contributed by atoms with van der Waals surface area (Å²) in [4.78, 5) is 0.914. The van der Waals surface area contributed by atoms with Crippen LogP contribution in [0.3, 0.4) is 0 Å². The summed E-state index contributed by atoms with van der Waals surface area (Å²) < 4.78 is 0. The summed E-state index contributed by atoms with van der Waals surface area (Å²) in [5.74, 6) is 0. The lowest BCUT2D eigenvalue weighted by molar-refractivity contribution is 1.47. The SMILES string of the molecule is S=C(Nc1ccc(S)cc1)Nc1ccc(Cl)cc1. The summed E-state index contributed by atoms with van der Waals surface area (Å²) in [7, 11) is 0. The Kier molecular flexibility index (Phi) is 4.47. The van der Waals surface area contributed by atoms with Crippen LogP contribution in [0.5, 0.6) is 0 Å². The van der Waals surface area contributed by atoms with Crippen molar-refractivity contribution in [2.24, 2.45) is 0 Å².